The Hall–Kier alpha value is -4.15. The van der Waals surface area contributed by atoms with Gasteiger partial charge in [-0.1, -0.05) is 94.8 Å². The molecule has 1 amide bonds. The van der Waals surface area contributed by atoms with Crippen LogP contribution in [-0.4, -0.2) is 27.0 Å². The average Bonchev–Trinajstić information content (AvgIpc) is 3.62. The highest BCUT2D eigenvalue weighted by atomic mass is 35.5. The predicted octanol–water partition coefficient (Wildman–Crippen LogP) is 8.65. The summed E-state index contributed by atoms with van der Waals surface area (Å²) in [5.41, 5.74) is 4.08. The zero-order valence-electron chi connectivity index (χ0n) is 23.8. The summed E-state index contributed by atoms with van der Waals surface area (Å²) in [7, 11) is 0. The van der Waals surface area contributed by atoms with Crippen molar-refractivity contribution in [2.24, 2.45) is 0 Å². The number of nitrogens with zero attached hydrogens (tertiary/aromatic N) is 3. The summed E-state index contributed by atoms with van der Waals surface area (Å²) in [5.74, 6) is -0.743. The van der Waals surface area contributed by atoms with Crippen molar-refractivity contribution in [1.29, 1.82) is 0 Å². The third kappa shape index (κ3) is 6.77. The molecule has 226 valence electrons. The number of rotatable bonds is 9. The van der Waals surface area contributed by atoms with Crippen molar-refractivity contribution in [3.63, 3.8) is 0 Å². The number of hydrogen-bond acceptors (Lipinski definition) is 8. The van der Waals surface area contributed by atoms with Crippen molar-refractivity contribution < 1.29 is 19.4 Å². The maximum atomic E-state index is 13.5. The Morgan fingerprint density at radius 2 is 1.69 bits per heavy atom. The molecule has 1 aliphatic heterocycles. The van der Waals surface area contributed by atoms with Crippen LogP contribution >= 0.6 is 46.3 Å². The van der Waals surface area contributed by atoms with E-state index in [1.807, 2.05) is 55.5 Å². The second-order valence-electron chi connectivity index (χ2n) is 10.2. The largest absolute Gasteiger partial charge is 0.507 e. The molecule has 0 saturated carbocycles. The highest BCUT2D eigenvalue weighted by Gasteiger charge is 2.48. The molecule has 45 heavy (non-hydrogen) atoms. The Morgan fingerprint density at radius 1 is 0.933 bits per heavy atom. The van der Waals surface area contributed by atoms with Gasteiger partial charge >= 0.3 is 5.91 Å². The van der Waals surface area contributed by atoms with Gasteiger partial charge in [-0.3, -0.25) is 14.5 Å². The van der Waals surface area contributed by atoms with Crippen molar-refractivity contribution in [1.82, 2.24) is 10.2 Å². The van der Waals surface area contributed by atoms with E-state index in [1.165, 1.54) is 28.0 Å². The van der Waals surface area contributed by atoms with E-state index >= 15 is 0 Å². The Kier molecular flexibility index (Phi) is 9.23. The molecule has 1 atom stereocenters. The van der Waals surface area contributed by atoms with Gasteiger partial charge in [0.1, 0.15) is 18.1 Å². The number of aromatic nitrogens is 2. The molecule has 0 radical (unpaired) electrons. The van der Waals surface area contributed by atoms with Gasteiger partial charge in [-0.25, -0.2) is 0 Å². The normalized spacial score (nSPS) is 15.9. The fraction of sp³-hybridized carbons (Fsp3) is 0.118. The molecule has 0 aliphatic carbocycles. The number of carbonyl (C=O) groups is 2. The maximum absolute atomic E-state index is 13.5. The van der Waals surface area contributed by atoms with Crippen LogP contribution in [0, 0.1) is 6.92 Å². The van der Waals surface area contributed by atoms with Crippen molar-refractivity contribution in [2.45, 2.75) is 29.7 Å². The standard InChI is InChI=1S/C34H25Cl2N3O4S2/c1-20-5-2-3-6-24(20)18-43-27-15-11-22(12-16-27)30(40)28-29(23-7-4-8-26(36)17-23)39(32(42)31(28)41)33-37-38-34(45-33)44-19-21-9-13-25(35)14-10-21/h2-17,29,40H,18-19H2,1H3/b30-28+. The Balaban J connectivity index is 1.30. The Labute approximate surface area is 278 Å². The molecule has 1 fully saturated rings. The number of Topliss-reactive ketones (excluding diaryl/α,β-unsaturated/α-hetero) is 1. The van der Waals surface area contributed by atoms with Crippen molar-refractivity contribution in [3.05, 3.63) is 140 Å². The first-order chi connectivity index (χ1) is 21.8. The smallest absolute Gasteiger partial charge is 0.301 e. The van der Waals surface area contributed by atoms with E-state index in [4.69, 9.17) is 27.9 Å². The minimum atomic E-state index is -0.970. The van der Waals surface area contributed by atoms with Crippen molar-refractivity contribution in [3.8, 4) is 5.75 Å². The van der Waals surface area contributed by atoms with Gasteiger partial charge in [0.25, 0.3) is 5.78 Å². The average molecular weight is 675 g/mol. The summed E-state index contributed by atoms with van der Waals surface area (Å²) >= 11 is 15.0. The number of hydrogen-bond donors (Lipinski definition) is 1. The first-order valence-corrected chi connectivity index (χ1v) is 16.4. The lowest BCUT2D eigenvalue weighted by Crippen LogP contribution is -2.29. The summed E-state index contributed by atoms with van der Waals surface area (Å²) in [6.07, 6.45) is 0. The molecule has 6 rings (SSSR count). The third-order valence-corrected chi connectivity index (χ3v) is 9.88. The van der Waals surface area contributed by atoms with Crippen LogP contribution in [-0.2, 0) is 21.9 Å². The van der Waals surface area contributed by atoms with Gasteiger partial charge in [0.2, 0.25) is 5.13 Å². The molecule has 1 aromatic heterocycles. The fourth-order valence-corrected chi connectivity index (χ4v) is 7.05. The molecular formula is C34H25Cl2N3O4S2. The number of ether oxygens (including phenoxy) is 1. The van der Waals surface area contributed by atoms with Crippen LogP contribution in [0.3, 0.4) is 0 Å². The van der Waals surface area contributed by atoms with E-state index in [9.17, 15) is 14.7 Å². The first kappa shape index (κ1) is 30.9. The minimum absolute atomic E-state index is 0.0681. The molecule has 1 saturated heterocycles. The molecule has 1 aliphatic rings. The monoisotopic (exact) mass is 673 g/mol. The zero-order valence-corrected chi connectivity index (χ0v) is 27.0. The number of anilines is 1. The van der Waals surface area contributed by atoms with Gasteiger partial charge in [0, 0.05) is 21.4 Å². The molecule has 0 spiro atoms. The summed E-state index contributed by atoms with van der Waals surface area (Å²) in [5, 5.41) is 21.3. The molecule has 4 aromatic carbocycles. The zero-order chi connectivity index (χ0) is 31.5. The topological polar surface area (TPSA) is 92.6 Å². The van der Waals surface area contributed by atoms with Crippen LogP contribution in [0.25, 0.3) is 5.76 Å². The number of halogens is 2. The van der Waals surface area contributed by atoms with Crippen molar-refractivity contribution in [2.75, 3.05) is 4.90 Å². The van der Waals surface area contributed by atoms with E-state index in [1.54, 1.807) is 48.5 Å². The number of aryl methyl sites for hydroxylation is 1. The summed E-state index contributed by atoms with van der Waals surface area (Å²) in [6.45, 7) is 2.41. The van der Waals surface area contributed by atoms with E-state index in [0.717, 1.165) is 16.7 Å². The number of thioether (sulfide) groups is 1. The van der Waals surface area contributed by atoms with Gasteiger partial charge in [0.05, 0.1) is 11.6 Å². The van der Waals surface area contributed by atoms with Crippen LogP contribution in [0.2, 0.25) is 10.0 Å². The molecule has 1 unspecified atom stereocenters. The quantitative estimate of drug-likeness (QED) is 0.0550. The molecule has 1 N–H and O–H groups in total. The lowest BCUT2D eigenvalue weighted by Gasteiger charge is -2.22. The highest BCUT2D eigenvalue weighted by Crippen LogP contribution is 2.44. The van der Waals surface area contributed by atoms with Gasteiger partial charge < -0.3 is 9.84 Å². The SMILES string of the molecule is Cc1ccccc1COc1ccc(/C(O)=C2\C(=O)C(=O)N(c3nnc(SCc4ccc(Cl)cc4)s3)C2c2cccc(Cl)c2)cc1. The molecule has 11 heteroatoms. The number of carbonyl (C=O) groups excluding carboxylic acids is 2. The van der Waals surface area contributed by atoms with Crippen molar-refractivity contribution >= 4 is 68.9 Å². The molecule has 2 heterocycles. The summed E-state index contributed by atoms with van der Waals surface area (Å²) in [6, 6.07) is 28.1. The van der Waals surface area contributed by atoms with Crippen LogP contribution in [0.15, 0.2) is 107 Å². The molecular weight excluding hydrogens is 649 g/mol. The van der Waals surface area contributed by atoms with Crippen LogP contribution < -0.4 is 9.64 Å². The van der Waals surface area contributed by atoms with E-state index in [2.05, 4.69) is 10.2 Å². The lowest BCUT2D eigenvalue weighted by atomic mass is 9.95. The predicted molar refractivity (Wildman–Crippen MR) is 179 cm³/mol. The van der Waals surface area contributed by atoms with E-state index < -0.39 is 17.7 Å². The van der Waals surface area contributed by atoms with Gasteiger partial charge in [0.15, 0.2) is 4.34 Å². The fourth-order valence-electron chi connectivity index (χ4n) is 4.90. The highest BCUT2D eigenvalue weighted by molar-refractivity contribution is 8.00. The second kappa shape index (κ2) is 13.5. The minimum Gasteiger partial charge on any atom is -0.507 e. The van der Waals surface area contributed by atoms with Crippen LogP contribution in [0.5, 0.6) is 5.75 Å². The third-order valence-electron chi connectivity index (χ3n) is 7.27. The van der Waals surface area contributed by atoms with Crippen LogP contribution in [0.1, 0.15) is 33.9 Å². The maximum Gasteiger partial charge on any atom is 0.301 e. The van der Waals surface area contributed by atoms with Gasteiger partial charge in [-0.05, 0) is 77.7 Å². The number of aliphatic hydroxyl groups is 1. The first-order valence-electron chi connectivity index (χ1n) is 13.8. The number of aliphatic hydroxyl groups excluding tert-OH is 1. The van der Waals surface area contributed by atoms with Gasteiger partial charge in [-0.2, -0.15) is 0 Å². The Morgan fingerprint density at radius 3 is 2.42 bits per heavy atom. The lowest BCUT2D eigenvalue weighted by molar-refractivity contribution is -0.132. The number of amides is 1. The molecule has 7 nitrogen and oxygen atoms in total. The van der Waals surface area contributed by atoms with E-state index in [-0.39, 0.29) is 16.5 Å². The summed E-state index contributed by atoms with van der Waals surface area (Å²) in [4.78, 5) is 28.4. The number of ketones is 1. The Bertz CT molecular complexity index is 1910. The second-order valence-corrected chi connectivity index (χ2v) is 13.3. The molecule has 0 bridgehead atoms. The van der Waals surface area contributed by atoms with E-state index in [0.29, 0.717) is 43.6 Å². The number of benzene rings is 4. The van der Waals surface area contributed by atoms with Gasteiger partial charge in [-0.15, -0.1) is 10.2 Å². The van der Waals surface area contributed by atoms with Crippen LogP contribution in [0.4, 0.5) is 5.13 Å². The molecule has 5 aromatic rings. The summed E-state index contributed by atoms with van der Waals surface area (Å²) < 4.78 is 6.56.